The van der Waals surface area contributed by atoms with Gasteiger partial charge in [-0.3, -0.25) is 9.80 Å². The predicted octanol–water partition coefficient (Wildman–Crippen LogP) is 5.31. The van der Waals surface area contributed by atoms with E-state index in [1.54, 1.807) is 28.3 Å². The first kappa shape index (κ1) is 31.1. The lowest BCUT2D eigenvalue weighted by Gasteiger charge is -2.20. The van der Waals surface area contributed by atoms with Crippen molar-refractivity contribution < 1.29 is 4.79 Å². The number of amidine groups is 2. The largest absolute Gasteiger partial charge is 0.381 e. The Hall–Kier alpha value is -2.05. The van der Waals surface area contributed by atoms with Crippen molar-refractivity contribution in [1.29, 1.82) is 0 Å². The summed E-state index contributed by atoms with van der Waals surface area (Å²) in [6.45, 7) is 12.9. The summed E-state index contributed by atoms with van der Waals surface area (Å²) in [6, 6.07) is 0. The molecule has 8 heteroatoms. The molecule has 0 aromatic heterocycles. The number of carbonyl (C=O) groups excluding carboxylic acids is 1. The third-order valence-corrected chi connectivity index (χ3v) is 3.77. The van der Waals surface area contributed by atoms with Crippen LogP contribution in [0.25, 0.3) is 0 Å². The summed E-state index contributed by atoms with van der Waals surface area (Å²) >= 11 is 11.4. The molecule has 0 atom stereocenters. The molecule has 0 fully saturated rings. The molecule has 2 N–H and O–H groups in total. The molecule has 0 aromatic rings. The van der Waals surface area contributed by atoms with Crippen LogP contribution in [0.2, 0.25) is 0 Å². The first-order valence-electron chi connectivity index (χ1n) is 10.7. The highest BCUT2D eigenvalue weighted by atomic mass is 35.5. The van der Waals surface area contributed by atoms with E-state index in [4.69, 9.17) is 28.9 Å². The van der Waals surface area contributed by atoms with Gasteiger partial charge in [0.25, 0.3) is 0 Å². The first-order chi connectivity index (χ1) is 15.0. The van der Waals surface area contributed by atoms with Gasteiger partial charge in [0.2, 0.25) is 0 Å². The molecule has 31 heavy (non-hydrogen) atoms. The molecule has 1 aliphatic heterocycles. The van der Waals surface area contributed by atoms with Gasteiger partial charge in [0.05, 0.1) is 19.6 Å². The summed E-state index contributed by atoms with van der Waals surface area (Å²) in [5, 5.41) is 6.28. The van der Waals surface area contributed by atoms with Crippen molar-refractivity contribution >= 4 is 40.7 Å². The molecule has 0 saturated carbocycles. The Bertz CT molecular complexity index is 667. The Kier molecular flexibility index (Phi) is 21.3. The smallest absolute Gasteiger partial charge is 0.195 e. The molecule has 0 spiro atoms. The van der Waals surface area contributed by atoms with Crippen LogP contribution in [0.3, 0.4) is 0 Å². The average molecular weight is 473 g/mol. The Morgan fingerprint density at radius 2 is 1.77 bits per heavy atom. The van der Waals surface area contributed by atoms with Crippen molar-refractivity contribution in [3.63, 3.8) is 0 Å². The van der Waals surface area contributed by atoms with Gasteiger partial charge in [-0.1, -0.05) is 70.6 Å². The second-order valence-electron chi connectivity index (χ2n) is 5.85. The average Bonchev–Trinajstić information content (AvgIpc) is 2.93. The summed E-state index contributed by atoms with van der Waals surface area (Å²) in [4.78, 5) is 18.2. The Balaban J connectivity index is 0. The summed E-state index contributed by atoms with van der Waals surface area (Å²) in [7, 11) is 0. The molecular weight excluding hydrogens is 433 g/mol. The highest BCUT2D eigenvalue weighted by molar-refractivity contribution is 6.40. The fraction of sp³-hybridized carbons (Fsp3) is 0.522. The molecule has 176 valence electrons. The predicted molar refractivity (Wildman–Crippen MR) is 138 cm³/mol. The lowest BCUT2D eigenvalue weighted by molar-refractivity contribution is -0.119. The maximum atomic E-state index is 12.4. The van der Waals surface area contributed by atoms with Gasteiger partial charge in [0.1, 0.15) is 0 Å². The van der Waals surface area contributed by atoms with E-state index >= 15 is 0 Å². The molecule has 0 saturated heterocycles. The Labute approximate surface area is 198 Å². The minimum Gasteiger partial charge on any atom is -0.381 e. The summed E-state index contributed by atoms with van der Waals surface area (Å²) in [5.41, 5.74) is 7.19. The second-order valence-corrected chi connectivity index (χ2v) is 6.47. The van der Waals surface area contributed by atoms with Crippen LogP contribution in [-0.4, -0.2) is 58.8 Å². The van der Waals surface area contributed by atoms with Gasteiger partial charge in [-0.05, 0) is 13.3 Å². The molecule has 1 rings (SSSR count). The quantitative estimate of drug-likeness (QED) is 0.214. The number of carbonyl (C=O) groups is 1. The zero-order valence-corrected chi connectivity index (χ0v) is 21.3. The van der Waals surface area contributed by atoms with Gasteiger partial charge in [-0.2, -0.15) is 5.10 Å². The fourth-order valence-corrected chi connectivity index (χ4v) is 2.42. The fourth-order valence-electron chi connectivity index (χ4n) is 2.26. The van der Waals surface area contributed by atoms with Crippen LogP contribution in [0, 0.1) is 0 Å². The Morgan fingerprint density at radius 1 is 1.13 bits per heavy atom. The van der Waals surface area contributed by atoms with Gasteiger partial charge in [0.15, 0.2) is 17.5 Å². The van der Waals surface area contributed by atoms with Gasteiger partial charge >= 0.3 is 0 Å². The van der Waals surface area contributed by atoms with Crippen LogP contribution >= 0.6 is 23.2 Å². The summed E-state index contributed by atoms with van der Waals surface area (Å²) in [5.74, 6) is 1.27. The zero-order valence-electron chi connectivity index (χ0n) is 19.8. The lowest BCUT2D eigenvalue weighted by Crippen LogP contribution is -2.39. The van der Waals surface area contributed by atoms with E-state index in [0.717, 1.165) is 12.0 Å². The highest BCUT2D eigenvalue weighted by Crippen LogP contribution is 2.08. The van der Waals surface area contributed by atoms with E-state index in [9.17, 15) is 4.79 Å². The van der Waals surface area contributed by atoms with Crippen LogP contribution in [0.5, 0.6) is 0 Å². The number of hydrogen-bond donors (Lipinski definition) is 1. The minimum absolute atomic E-state index is 0.0222. The number of hydrazone groups is 1. The van der Waals surface area contributed by atoms with Crippen molar-refractivity contribution in [3.8, 4) is 0 Å². The van der Waals surface area contributed by atoms with E-state index in [0.29, 0.717) is 24.1 Å². The number of nitrogens with zero attached hydrogens (tertiary/aromatic N) is 4. The molecule has 0 bridgehead atoms. The molecule has 1 heterocycles. The monoisotopic (exact) mass is 471 g/mol. The standard InChI is InChI=1S/C19H27Cl2N5O.2C2H6/c1-3-4-5-8-16(2)13-26-15-17(27)14-25(12-7-10-21)19(24-26)18(22)23-11-6-9-20;2*1-2/h4-8,11-12H,3,9-10,13-15H2,1-2H3,(H2,22,23);2*1-2H3/b5-4-,11-6+,12-7+,16-8+;;. The second kappa shape index (κ2) is 21.2. The summed E-state index contributed by atoms with van der Waals surface area (Å²) < 4.78 is 0. The van der Waals surface area contributed by atoms with E-state index in [1.807, 2.05) is 46.8 Å². The van der Waals surface area contributed by atoms with Crippen LogP contribution < -0.4 is 5.73 Å². The normalized spacial score (nSPS) is 15.6. The van der Waals surface area contributed by atoms with E-state index in [-0.39, 0.29) is 24.7 Å². The summed E-state index contributed by atoms with van der Waals surface area (Å²) in [6.07, 6.45) is 13.7. The first-order valence-corrected chi connectivity index (χ1v) is 11.8. The molecular formula is C23H39Cl2N5O. The van der Waals surface area contributed by atoms with Crippen LogP contribution in [-0.2, 0) is 4.79 Å². The number of ketones is 1. The molecule has 0 aromatic carbocycles. The van der Waals surface area contributed by atoms with Crippen molar-refractivity contribution in [2.75, 3.05) is 31.4 Å². The van der Waals surface area contributed by atoms with Gasteiger partial charge < -0.3 is 10.6 Å². The van der Waals surface area contributed by atoms with Crippen molar-refractivity contribution in [1.82, 2.24) is 9.91 Å². The zero-order chi connectivity index (χ0) is 24.1. The number of allylic oxidation sites excluding steroid dienone is 5. The van der Waals surface area contributed by atoms with Gasteiger partial charge in [-0.15, -0.1) is 23.2 Å². The van der Waals surface area contributed by atoms with Crippen LogP contribution in [0.1, 0.15) is 48.0 Å². The minimum atomic E-state index is 0.0222. The van der Waals surface area contributed by atoms with Crippen molar-refractivity contribution in [2.45, 2.75) is 48.0 Å². The molecule has 1 aliphatic rings. The molecule has 0 unspecified atom stereocenters. The number of halogens is 2. The van der Waals surface area contributed by atoms with Crippen LogP contribution in [0.15, 0.2) is 58.4 Å². The van der Waals surface area contributed by atoms with E-state index in [1.165, 1.54) is 6.20 Å². The molecule has 0 amide bonds. The Morgan fingerprint density at radius 3 is 2.35 bits per heavy atom. The third-order valence-electron chi connectivity index (χ3n) is 3.41. The van der Waals surface area contributed by atoms with Crippen LogP contribution in [0.4, 0.5) is 0 Å². The van der Waals surface area contributed by atoms with E-state index < -0.39 is 0 Å². The number of rotatable bonds is 9. The topological polar surface area (TPSA) is 74.3 Å². The maximum absolute atomic E-state index is 12.4. The number of Topliss-reactive ketones (excluding diaryl/α,β-unsaturated/α-hetero) is 1. The lowest BCUT2D eigenvalue weighted by atomic mass is 10.2. The van der Waals surface area contributed by atoms with E-state index in [2.05, 4.69) is 23.1 Å². The SMILES string of the molecule is CC.CC.CC/C=C\C=C(/C)CN1CC(=O)CN(/C=C/CCl)C(C(N)=N/C=C/CCl)=N1. The number of hydrogen-bond acceptors (Lipinski definition) is 5. The van der Waals surface area contributed by atoms with Gasteiger partial charge in [-0.25, -0.2) is 4.99 Å². The number of aliphatic imine (C=N–C) groups is 1. The number of alkyl halides is 2. The van der Waals surface area contributed by atoms with Gasteiger partial charge in [0, 0.05) is 24.2 Å². The highest BCUT2D eigenvalue weighted by Gasteiger charge is 2.23. The molecule has 0 aliphatic carbocycles. The molecule has 0 radical (unpaired) electrons. The van der Waals surface area contributed by atoms with Crippen molar-refractivity contribution in [2.24, 2.45) is 15.8 Å². The van der Waals surface area contributed by atoms with Crippen molar-refractivity contribution in [3.05, 3.63) is 48.4 Å². The third kappa shape index (κ3) is 14.6. The number of nitrogens with two attached hydrogens (primary N) is 1. The molecule has 6 nitrogen and oxygen atoms in total. The maximum Gasteiger partial charge on any atom is 0.195 e.